The number of nitrogens with zero attached hydrogens (tertiary/aromatic N) is 1. The monoisotopic (exact) mass is 393 g/mol. The molecule has 0 spiro atoms. The van der Waals surface area contributed by atoms with Gasteiger partial charge in [-0.3, -0.25) is 0 Å². The highest BCUT2D eigenvalue weighted by atomic mass is 16.5. The normalized spacial score (nSPS) is 13.2. The highest BCUT2D eigenvalue weighted by Gasteiger charge is 2.44. The van der Waals surface area contributed by atoms with E-state index >= 15 is 0 Å². The van der Waals surface area contributed by atoms with Crippen molar-refractivity contribution in [3.63, 3.8) is 0 Å². The fourth-order valence-electron chi connectivity index (χ4n) is 4.89. The summed E-state index contributed by atoms with van der Waals surface area (Å²) in [6, 6.07) is 0. The first-order valence-corrected chi connectivity index (χ1v) is 9.84. The number of ether oxygens (including phenoxy) is 1. The second-order valence-electron chi connectivity index (χ2n) is 8.24. The van der Waals surface area contributed by atoms with Gasteiger partial charge in [-0.15, -0.1) is 38.2 Å². The number of anilines is 2. The smallest absolute Gasteiger partial charge is 0.254 e. The summed E-state index contributed by atoms with van der Waals surface area (Å²) in [6.07, 6.45) is 0. The lowest BCUT2D eigenvalue weighted by Crippen LogP contribution is -2.75. The Morgan fingerprint density at radius 2 is 0.818 bits per heavy atom. The van der Waals surface area contributed by atoms with Crippen LogP contribution in [0.1, 0.15) is 0 Å². The summed E-state index contributed by atoms with van der Waals surface area (Å²) < 4.78 is 6.17. The molecule has 0 bridgehead atoms. The van der Waals surface area contributed by atoms with Crippen LogP contribution in [-0.2, 0) is 0 Å². The molecule has 0 atom stereocenters. The lowest BCUT2D eigenvalue weighted by atomic mass is 9.29. The third kappa shape index (κ3) is 2.67. The summed E-state index contributed by atoms with van der Waals surface area (Å²) in [4.78, 5) is 1.73. The molecular weight excluding hydrogens is 388 g/mol. The molecule has 33 heavy (non-hydrogen) atoms. The Bertz CT molecular complexity index is 1410. The summed E-state index contributed by atoms with van der Waals surface area (Å²) >= 11 is 0. The molecule has 0 amide bonds. The third-order valence-electron chi connectivity index (χ3n) is 6.64. The summed E-state index contributed by atoms with van der Waals surface area (Å²) in [7, 11) is 71.1. The molecular formula is C19H3B12NO. The SMILES string of the molecule is [B]c1c([B])c([B])c2c(c1[B])Oc1c([B])c([B])c([B])c3c1B2c1c([B])c([B])c([B])c([B])c1N3C. The lowest BCUT2D eigenvalue weighted by molar-refractivity contribution is 0.496. The molecule has 2 aliphatic heterocycles. The minimum atomic E-state index is -0.703. The Labute approximate surface area is 208 Å². The standard InChI is InChI=1S/C19H3B12NO/c1-32-16-9(27)4(22)2(20)7(25)13(16)31-14-8(26)3(21)5(23)11(29)18(14)33-19-12(30)6(24)10(28)17(32)15(19)31/h1H3. The van der Waals surface area contributed by atoms with Gasteiger partial charge in [-0.2, -0.15) is 0 Å². The van der Waals surface area contributed by atoms with Crippen molar-refractivity contribution >= 4 is 181 Å². The molecule has 3 aromatic rings. The molecule has 2 aliphatic rings. The minimum absolute atomic E-state index is 0.0781. The molecule has 22 radical (unpaired) electrons. The van der Waals surface area contributed by atoms with Gasteiger partial charge in [0, 0.05) is 18.4 Å². The van der Waals surface area contributed by atoms with Crippen LogP contribution in [0, 0.1) is 0 Å². The molecule has 5 rings (SSSR count). The zero-order valence-corrected chi connectivity index (χ0v) is 17.8. The van der Waals surface area contributed by atoms with E-state index in [9.17, 15) is 0 Å². The van der Waals surface area contributed by atoms with E-state index in [1.54, 1.807) is 11.9 Å². The van der Waals surface area contributed by atoms with Crippen LogP contribution in [0.15, 0.2) is 0 Å². The average molecular weight is 391 g/mol. The van der Waals surface area contributed by atoms with Crippen LogP contribution >= 0.6 is 0 Å². The summed E-state index contributed by atoms with van der Waals surface area (Å²) in [5.74, 6) is 0.428. The van der Waals surface area contributed by atoms with Crippen LogP contribution < -0.4 is 86.1 Å². The van der Waals surface area contributed by atoms with E-state index in [2.05, 4.69) is 0 Å². The molecule has 0 saturated carbocycles. The van der Waals surface area contributed by atoms with E-state index < -0.39 is 6.71 Å². The van der Waals surface area contributed by atoms with Gasteiger partial charge in [-0.25, -0.2) is 0 Å². The lowest BCUT2D eigenvalue weighted by Gasteiger charge is -2.45. The van der Waals surface area contributed by atoms with Gasteiger partial charge < -0.3 is 9.64 Å². The van der Waals surface area contributed by atoms with Gasteiger partial charge in [-0.05, 0) is 10.9 Å². The summed E-state index contributed by atoms with van der Waals surface area (Å²) in [6.45, 7) is -0.703. The fourth-order valence-corrected chi connectivity index (χ4v) is 4.89. The number of hydrogen-bond donors (Lipinski definition) is 0. The van der Waals surface area contributed by atoms with E-state index in [-0.39, 0.29) is 71.6 Å². The largest absolute Gasteiger partial charge is 0.460 e. The van der Waals surface area contributed by atoms with E-state index in [1.807, 2.05) is 0 Å². The maximum atomic E-state index is 6.51. The third-order valence-corrected chi connectivity index (χ3v) is 6.64. The van der Waals surface area contributed by atoms with Crippen molar-refractivity contribution in [1.29, 1.82) is 0 Å². The average Bonchev–Trinajstić information content (AvgIpc) is 2.79. The zero-order chi connectivity index (χ0) is 24.3. The Morgan fingerprint density at radius 3 is 1.36 bits per heavy atom. The molecule has 0 unspecified atom stereocenters. The molecule has 126 valence electrons. The fraction of sp³-hybridized carbons (Fsp3) is 0.0526. The molecule has 2 nitrogen and oxygen atoms in total. The van der Waals surface area contributed by atoms with Gasteiger partial charge in [0.25, 0.3) is 6.71 Å². The van der Waals surface area contributed by atoms with Gasteiger partial charge in [-0.1, -0.05) is 27.3 Å². The van der Waals surface area contributed by atoms with Crippen molar-refractivity contribution in [3.05, 3.63) is 0 Å². The molecule has 0 N–H and O–H groups in total. The zero-order valence-electron chi connectivity index (χ0n) is 17.8. The number of hydrogen-bond acceptors (Lipinski definition) is 2. The van der Waals surface area contributed by atoms with Gasteiger partial charge in [0.2, 0.25) is 0 Å². The van der Waals surface area contributed by atoms with Crippen LogP contribution in [-0.4, -0.2) is 100 Å². The van der Waals surface area contributed by atoms with E-state index in [0.29, 0.717) is 27.8 Å². The predicted octanol–water partition coefficient (Wildman–Crippen LogP) is -10.9. The van der Waals surface area contributed by atoms with Gasteiger partial charge in [0.05, 0.1) is 0 Å². The van der Waals surface area contributed by atoms with Crippen LogP contribution in [0.4, 0.5) is 11.4 Å². The van der Waals surface area contributed by atoms with Crippen molar-refractivity contribution in [2.75, 3.05) is 11.9 Å². The molecule has 2 heterocycles. The van der Waals surface area contributed by atoms with Gasteiger partial charge >= 0.3 is 0 Å². The maximum Gasteiger partial charge on any atom is 0.254 e. The molecule has 14 heteroatoms. The maximum absolute atomic E-state index is 6.51. The van der Waals surface area contributed by atoms with Crippen LogP contribution in [0.5, 0.6) is 11.5 Å². The van der Waals surface area contributed by atoms with Crippen molar-refractivity contribution < 1.29 is 4.74 Å². The van der Waals surface area contributed by atoms with Gasteiger partial charge in [0.15, 0.2) is 0 Å². The van der Waals surface area contributed by atoms with E-state index in [0.717, 1.165) is 0 Å². The van der Waals surface area contributed by atoms with Crippen LogP contribution in [0.2, 0.25) is 0 Å². The predicted molar refractivity (Wildman–Crippen MR) is 151 cm³/mol. The first-order chi connectivity index (χ1) is 15.4. The van der Waals surface area contributed by atoms with Crippen molar-refractivity contribution in [2.24, 2.45) is 0 Å². The molecule has 0 aromatic heterocycles. The first kappa shape index (κ1) is 22.8. The van der Waals surface area contributed by atoms with E-state index in [4.69, 9.17) is 91.0 Å². The van der Waals surface area contributed by atoms with Crippen molar-refractivity contribution in [3.8, 4) is 11.5 Å². The number of fused-ring (bicyclic) bond motifs is 4. The highest BCUT2D eigenvalue weighted by molar-refractivity contribution is 7.04. The molecule has 3 aromatic carbocycles. The van der Waals surface area contributed by atoms with E-state index in [1.165, 1.54) is 0 Å². The Balaban J connectivity index is 2.06. The van der Waals surface area contributed by atoms with Crippen LogP contribution in [0.3, 0.4) is 0 Å². The van der Waals surface area contributed by atoms with Crippen molar-refractivity contribution in [1.82, 2.24) is 0 Å². The Morgan fingerprint density at radius 1 is 0.455 bits per heavy atom. The quantitative estimate of drug-likeness (QED) is 0.276. The Hall–Kier alpha value is -1.96. The molecule has 0 fully saturated rings. The number of rotatable bonds is 0. The molecule has 0 aliphatic carbocycles. The second kappa shape index (κ2) is 7.27. The second-order valence-corrected chi connectivity index (χ2v) is 8.24. The highest BCUT2D eigenvalue weighted by Crippen LogP contribution is 2.29. The summed E-state index contributed by atoms with van der Waals surface area (Å²) in [5.41, 5.74) is 4.11. The van der Waals surface area contributed by atoms with Crippen LogP contribution in [0.25, 0.3) is 0 Å². The summed E-state index contributed by atoms with van der Waals surface area (Å²) in [5, 5.41) is 0. The topological polar surface area (TPSA) is 12.5 Å². The van der Waals surface area contributed by atoms with Crippen molar-refractivity contribution in [2.45, 2.75) is 0 Å². The molecule has 0 saturated heterocycles. The Kier molecular flexibility index (Phi) is 5.02. The first-order valence-electron chi connectivity index (χ1n) is 9.84. The van der Waals surface area contributed by atoms with Gasteiger partial charge in [0.1, 0.15) is 97.8 Å². The minimum Gasteiger partial charge on any atom is -0.460 e. The number of benzene rings is 3.